The Morgan fingerprint density at radius 2 is 2.05 bits per heavy atom. The van der Waals surface area contributed by atoms with Gasteiger partial charge in [-0.2, -0.15) is 5.10 Å². The topological polar surface area (TPSA) is 87.3 Å². The van der Waals surface area contributed by atoms with Gasteiger partial charge in [-0.3, -0.25) is 9.89 Å². The highest BCUT2D eigenvalue weighted by Gasteiger charge is 2.27. The molecule has 2 heterocycles. The lowest BCUT2D eigenvalue weighted by atomic mass is 10.0. The van der Waals surface area contributed by atoms with Gasteiger partial charge in [0, 0.05) is 5.92 Å². The fourth-order valence-electron chi connectivity index (χ4n) is 2.54. The van der Waals surface area contributed by atoms with Crippen molar-refractivity contribution in [2.75, 3.05) is 0 Å². The highest BCUT2D eigenvalue weighted by molar-refractivity contribution is 5.79. The van der Waals surface area contributed by atoms with Gasteiger partial charge in [0.15, 0.2) is 5.82 Å². The molecule has 2 N–H and O–H groups in total. The highest BCUT2D eigenvalue weighted by atomic mass is 16.1. The largest absolute Gasteiger partial charge is 0.303 e. The number of benzene rings is 1. The predicted molar refractivity (Wildman–Crippen MR) is 83.8 cm³/mol. The average molecular weight is 295 g/mol. The molecular weight excluding hydrogens is 278 g/mol. The maximum atomic E-state index is 12.3. The molecule has 2 aromatic heterocycles. The van der Waals surface area contributed by atoms with Crippen LogP contribution in [0, 0.1) is 0 Å². The summed E-state index contributed by atoms with van der Waals surface area (Å²) < 4.78 is 0. The van der Waals surface area contributed by atoms with E-state index in [1.165, 1.54) is 0 Å². The summed E-state index contributed by atoms with van der Waals surface area (Å²) in [5, 5.41) is 7.71. The summed E-state index contributed by atoms with van der Waals surface area (Å²) >= 11 is 0. The van der Waals surface area contributed by atoms with Crippen LogP contribution in [0.1, 0.15) is 49.9 Å². The van der Waals surface area contributed by atoms with Crippen LogP contribution in [0.25, 0.3) is 22.6 Å². The molecule has 1 fully saturated rings. The number of nitrogens with zero attached hydrogens (tertiary/aromatic N) is 3. The van der Waals surface area contributed by atoms with Crippen LogP contribution >= 0.6 is 0 Å². The normalized spacial score (nSPS) is 14.9. The zero-order valence-electron chi connectivity index (χ0n) is 12.6. The van der Waals surface area contributed by atoms with E-state index >= 15 is 0 Å². The van der Waals surface area contributed by atoms with Crippen LogP contribution in [0.2, 0.25) is 0 Å². The lowest BCUT2D eigenvalue weighted by molar-refractivity contribution is 0.868. The van der Waals surface area contributed by atoms with Crippen LogP contribution in [0.3, 0.4) is 0 Å². The van der Waals surface area contributed by atoms with Crippen LogP contribution in [0.15, 0.2) is 23.0 Å². The van der Waals surface area contributed by atoms with Crippen molar-refractivity contribution in [3.8, 4) is 11.6 Å². The van der Waals surface area contributed by atoms with Crippen molar-refractivity contribution in [2.24, 2.45) is 0 Å². The first kappa shape index (κ1) is 13.2. The minimum absolute atomic E-state index is 0.153. The van der Waals surface area contributed by atoms with Gasteiger partial charge in [0.2, 0.25) is 5.82 Å². The van der Waals surface area contributed by atoms with E-state index < -0.39 is 0 Å². The van der Waals surface area contributed by atoms with Gasteiger partial charge >= 0.3 is 0 Å². The van der Waals surface area contributed by atoms with Gasteiger partial charge in [0.1, 0.15) is 5.82 Å². The van der Waals surface area contributed by atoms with E-state index in [9.17, 15) is 4.79 Å². The van der Waals surface area contributed by atoms with E-state index in [2.05, 4.69) is 39.0 Å². The monoisotopic (exact) mass is 295 g/mol. The first-order chi connectivity index (χ1) is 10.6. The SMILES string of the molecule is CC(C)c1ccc2nc(-c3n[nH]c(C4CC4)n3)[nH]c(=O)c2c1. The van der Waals surface area contributed by atoms with E-state index in [1.54, 1.807) is 0 Å². The number of fused-ring (bicyclic) bond motifs is 1. The van der Waals surface area contributed by atoms with Gasteiger partial charge in [-0.1, -0.05) is 19.9 Å². The number of hydrogen-bond acceptors (Lipinski definition) is 4. The summed E-state index contributed by atoms with van der Waals surface area (Å²) in [5.74, 6) is 2.61. The van der Waals surface area contributed by atoms with Gasteiger partial charge in [-0.25, -0.2) is 9.97 Å². The Balaban J connectivity index is 1.81. The van der Waals surface area contributed by atoms with Crippen LogP contribution < -0.4 is 5.56 Å². The standard InChI is InChI=1S/C16H17N5O/c1-8(2)10-5-6-12-11(7-10)16(22)19-14(17-12)15-18-13(20-21-15)9-3-4-9/h5-9H,3-4H2,1-2H3,(H,17,19,22)(H,18,20,21). The molecule has 1 aromatic carbocycles. The molecule has 1 aliphatic carbocycles. The van der Waals surface area contributed by atoms with Crippen LogP contribution in [-0.4, -0.2) is 25.1 Å². The van der Waals surface area contributed by atoms with Gasteiger partial charge in [-0.05, 0) is 36.5 Å². The zero-order valence-corrected chi connectivity index (χ0v) is 12.6. The Morgan fingerprint density at radius 1 is 1.23 bits per heavy atom. The fraction of sp³-hybridized carbons (Fsp3) is 0.375. The molecule has 0 spiro atoms. The Kier molecular flexibility index (Phi) is 2.85. The van der Waals surface area contributed by atoms with E-state index in [-0.39, 0.29) is 5.56 Å². The fourth-order valence-corrected chi connectivity index (χ4v) is 2.54. The molecule has 112 valence electrons. The van der Waals surface area contributed by atoms with Gasteiger partial charge < -0.3 is 4.98 Å². The molecule has 0 amide bonds. The Bertz CT molecular complexity index is 904. The minimum Gasteiger partial charge on any atom is -0.303 e. The van der Waals surface area contributed by atoms with Crippen molar-refractivity contribution in [2.45, 2.75) is 38.5 Å². The van der Waals surface area contributed by atoms with Gasteiger partial charge in [0.05, 0.1) is 10.9 Å². The number of aromatic nitrogens is 5. The molecule has 0 bridgehead atoms. The first-order valence-electron chi connectivity index (χ1n) is 7.58. The van der Waals surface area contributed by atoms with Crippen LogP contribution in [-0.2, 0) is 0 Å². The summed E-state index contributed by atoms with van der Waals surface area (Å²) in [6.45, 7) is 4.20. The number of nitrogens with one attached hydrogen (secondary N) is 2. The summed E-state index contributed by atoms with van der Waals surface area (Å²) in [4.78, 5) is 24.1. The summed E-state index contributed by atoms with van der Waals surface area (Å²) in [5.41, 5.74) is 1.64. The lowest BCUT2D eigenvalue weighted by Gasteiger charge is -2.06. The quantitative estimate of drug-likeness (QED) is 0.777. The second kappa shape index (κ2) is 4.76. The minimum atomic E-state index is -0.153. The summed E-state index contributed by atoms with van der Waals surface area (Å²) in [7, 11) is 0. The smallest absolute Gasteiger partial charge is 0.259 e. The van der Waals surface area contributed by atoms with Crippen molar-refractivity contribution in [3.05, 3.63) is 39.9 Å². The average Bonchev–Trinajstić information content (AvgIpc) is 3.24. The third-order valence-corrected chi connectivity index (χ3v) is 4.07. The third-order valence-electron chi connectivity index (χ3n) is 4.07. The maximum Gasteiger partial charge on any atom is 0.259 e. The molecule has 0 aliphatic heterocycles. The molecule has 22 heavy (non-hydrogen) atoms. The first-order valence-corrected chi connectivity index (χ1v) is 7.58. The van der Waals surface area contributed by atoms with Crippen molar-refractivity contribution in [1.29, 1.82) is 0 Å². The van der Waals surface area contributed by atoms with Gasteiger partial charge in [0.25, 0.3) is 5.56 Å². The number of rotatable bonds is 3. The van der Waals surface area contributed by atoms with Crippen molar-refractivity contribution >= 4 is 10.9 Å². The molecule has 0 radical (unpaired) electrons. The molecule has 1 saturated carbocycles. The van der Waals surface area contributed by atoms with Crippen LogP contribution in [0.4, 0.5) is 0 Å². The zero-order chi connectivity index (χ0) is 15.3. The molecule has 6 nitrogen and oxygen atoms in total. The Labute approximate surface area is 127 Å². The Morgan fingerprint density at radius 3 is 2.77 bits per heavy atom. The number of hydrogen-bond donors (Lipinski definition) is 2. The molecule has 4 rings (SSSR count). The third kappa shape index (κ3) is 2.20. The summed E-state index contributed by atoms with van der Waals surface area (Å²) in [6, 6.07) is 5.80. The van der Waals surface area contributed by atoms with E-state index in [0.717, 1.165) is 24.2 Å². The van der Waals surface area contributed by atoms with E-state index in [1.807, 2.05) is 18.2 Å². The van der Waals surface area contributed by atoms with E-state index in [4.69, 9.17) is 0 Å². The second-order valence-corrected chi connectivity index (χ2v) is 6.16. The predicted octanol–water partition coefficient (Wildman–Crippen LogP) is 2.71. The van der Waals surface area contributed by atoms with Crippen molar-refractivity contribution < 1.29 is 0 Å². The van der Waals surface area contributed by atoms with Gasteiger partial charge in [-0.15, -0.1) is 0 Å². The van der Waals surface area contributed by atoms with Crippen molar-refractivity contribution in [1.82, 2.24) is 25.1 Å². The molecule has 0 unspecified atom stereocenters. The van der Waals surface area contributed by atoms with Crippen molar-refractivity contribution in [3.63, 3.8) is 0 Å². The number of aromatic amines is 2. The Hall–Kier alpha value is -2.50. The highest BCUT2D eigenvalue weighted by Crippen LogP contribution is 2.38. The molecule has 0 saturated heterocycles. The molecule has 3 aromatic rings. The molecule has 1 aliphatic rings. The molecule has 6 heteroatoms. The molecule has 0 atom stereocenters. The van der Waals surface area contributed by atoms with E-state index in [0.29, 0.717) is 34.4 Å². The lowest BCUT2D eigenvalue weighted by Crippen LogP contribution is -2.10. The van der Waals surface area contributed by atoms with Crippen LogP contribution in [0.5, 0.6) is 0 Å². The summed E-state index contributed by atoms with van der Waals surface area (Å²) in [6.07, 6.45) is 2.29. The number of H-pyrrole nitrogens is 2. The maximum absolute atomic E-state index is 12.3. The molecular formula is C16H17N5O. The second-order valence-electron chi connectivity index (χ2n) is 6.16.